The van der Waals surface area contributed by atoms with Crippen molar-refractivity contribution in [2.24, 2.45) is 5.92 Å². The van der Waals surface area contributed by atoms with Gasteiger partial charge in [-0.1, -0.05) is 19.9 Å². The molecule has 7 heteroatoms. The zero-order valence-corrected chi connectivity index (χ0v) is 13.8. The van der Waals surface area contributed by atoms with Gasteiger partial charge in [0.15, 0.2) is 5.65 Å². The van der Waals surface area contributed by atoms with Crippen LogP contribution in [0.4, 0.5) is 0 Å². The van der Waals surface area contributed by atoms with E-state index in [0.717, 1.165) is 0 Å². The van der Waals surface area contributed by atoms with Crippen LogP contribution in [0, 0.1) is 5.92 Å². The van der Waals surface area contributed by atoms with Crippen molar-refractivity contribution < 1.29 is 4.79 Å². The van der Waals surface area contributed by atoms with Gasteiger partial charge in [0.1, 0.15) is 0 Å². The normalized spacial score (nSPS) is 12.7. The zero-order chi connectivity index (χ0) is 16.4. The highest BCUT2D eigenvalue weighted by Crippen LogP contribution is 2.20. The van der Waals surface area contributed by atoms with Crippen LogP contribution in [0.1, 0.15) is 41.7 Å². The Bertz CT molecular complexity index is 864. The van der Waals surface area contributed by atoms with E-state index in [1.54, 1.807) is 18.3 Å². The number of thiophene rings is 1. The number of fused-ring (bicyclic) bond motifs is 1. The quantitative estimate of drug-likeness (QED) is 0.755. The third-order valence-corrected chi connectivity index (χ3v) is 4.38. The average Bonchev–Trinajstić information content (AvgIpc) is 3.17. The van der Waals surface area contributed by atoms with E-state index in [9.17, 15) is 9.59 Å². The summed E-state index contributed by atoms with van der Waals surface area (Å²) < 4.78 is 1.37. The molecule has 0 aliphatic rings. The third-order valence-electron chi connectivity index (χ3n) is 3.51. The fourth-order valence-corrected chi connectivity index (χ4v) is 3.11. The third kappa shape index (κ3) is 3.34. The van der Waals surface area contributed by atoms with Gasteiger partial charge in [0.25, 0.3) is 11.5 Å². The largest absolute Gasteiger partial charge is 0.343 e. The van der Waals surface area contributed by atoms with Crippen LogP contribution in [-0.4, -0.2) is 20.5 Å². The van der Waals surface area contributed by atoms with Gasteiger partial charge in [0.05, 0.1) is 16.6 Å². The molecule has 120 valence electrons. The van der Waals surface area contributed by atoms with Crippen molar-refractivity contribution in [3.63, 3.8) is 0 Å². The summed E-state index contributed by atoms with van der Waals surface area (Å²) in [7, 11) is 0. The minimum absolute atomic E-state index is 0.137. The Morgan fingerprint density at radius 1 is 1.43 bits per heavy atom. The van der Waals surface area contributed by atoms with Crippen LogP contribution in [-0.2, 0) is 0 Å². The predicted octanol–water partition coefficient (Wildman–Crippen LogP) is 2.60. The summed E-state index contributed by atoms with van der Waals surface area (Å²) in [5.41, 5.74) is 0.953. The van der Waals surface area contributed by atoms with Crippen molar-refractivity contribution in [1.82, 2.24) is 19.9 Å². The van der Waals surface area contributed by atoms with Gasteiger partial charge in [-0.3, -0.25) is 14.7 Å². The molecule has 6 nitrogen and oxygen atoms in total. The number of nitrogens with one attached hydrogen (secondary N) is 2. The number of rotatable bonds is 5. The van der Waals surface area contributed by atoms with Crippen molar-refractivity contribution in [3.8, 4) is 0 Å². The summed E-state index contributed by atoms with van der Waals surface area (Å²) in [5, 5.41) is 7.68. The summed E-state index contributed by atoms with van der Waals surface area (Å²) in [6.45, 7) is 4.15. The lowest BCUT2D eigenvalue weighted by Crippen LogP contribution is -2.31. The van der Waals surface area contributed by atoms with Crippen LogP contribution < -0.4 is 10.9 Å². The number of aromatic amines is 1. The number of aromatic nitrogens is 3. The minimum Gasteiger partial charge on any atom is -0.343 e. The molecule has 1 unspecified atom stereocenters. The first kappa shape index (κ1) is 15.5. The molecule has 23 heavy (non-hydrogen) atoms. The zero-order valence-electron chi connectivity index (χ0n) is 12.9. The second-order valence-electron chi connectivity index (χ2n) is 5.81. The molecule has 3 aromatic rings. The molecule has 0 fully saturated rings. The Hall–Kier alpha value is -2.41. The molecule has 0 aliphatic heterocycles. The van der Waals surface area contributed by atoms with Gasteiger partial charge in [0.2, 0.25) is 0 Å². The number of hydrogen-bond donors (Lipinski definition) is 2. The fourth-order valence-electron chi connectivity index (χ4n) is 2.49. The Labute approximate surface area is 137 Å². The topological polar surface area (TPSA) is 79.3 Å². The molecule has 0 aliphatic carbocycles. The van der Waals surface area contributed by atoms with E-state index >= 15 is 0 Å². The summed E-state index contributed by atoms with van der Waals surface area (Å²) in [6.07, 6.45) is 2.37. The predicted molar refractivity (Wildman–Crippen MR) is 89.8 cm³/mol. The molecule has 3 heterocycles. The Morgan fingerprint density at radius 2 is 2.26 bits per heavy atom. The molecule has 0 aromatic carbocycles. The van der Waals surface area contributed by atoms with E-state index in [2.05, 4.69) is 29.2 Å². The monoisotopic (exact) mass is 330 g/mol. The van der Waals surface area contributed by atoms with Crippen LogP contribution in [0.15, 0.2) is 40.6 Å². The molecule has 0 saturated carbocycles. The van der Waals surface area contributed by atoms with Crippen molar-refractivity contribution in [1.29, 1.82) is 0 Å². The number of hydrogen-bond acceptors (Lipinski definition) is 4. The molecule has 1 atom stereocenters. The number of H-pyrrole nitrogens is 1. The summed E-state index contributed by atoms with van der Waals surface area (Å²) in [5.74, 6) is 0.219. The molecule has 3 rings (SSSR count). The molecule has 0 spiro atoms. The summed E-state index contributed by atoms with van der Waals surface area (Å²) >= 11 is 1.39. The van der Waals surface area contributed by atoms with Crippen molar-refractivity contribution in [2.45, 2.75) is 26.3 Å². The van der Waals surface area contributed by atoms with Gasteiger partial charge in [-0.2, -0.15) is 0 Å². The average molecular weight is 330 g/mol. The Kier molecular flexibility index (Phi) is 4.29. The van der Waals surface area contributed by atoms with E-state index in [1.165, 1.54) is 21.9 Å². The van der Waals surface area contributed by atoms with E-state index in [0.29, 0.717) is 28.6 Å². The minimum atomic E-state index is -0.294. The van der Waals surface area contributed by atoms with E-state index in [4.69, 9.17) is 0 Å². The maximum Gasteiger partial charge on any atom is 0.272 e. The lowest BCUT2D eigenvalue weighted by Gasteiger charge is -2.20. The van der Waals surface area contributed by atoms with Gasteiger partial charge in [-0.25, -0.2) is 9.50 Å². The highest BCUT2D eigenvalue weighted by molar-refractivity contribution is 7.12. The Morgan fingerprint density at radius 3 is 2.96 bits per heavy atom. The van der Waals surface area contributed by atoms with Gasteiger partial charge >= 0.3 is 0 Å². The molecule has 2 N–H and O–H groups in total. The summed E-state index contributed by atoms with van der Waals surface area (Å²) in [6, 6.07) is 6.54. The lowest BCUT2D eigenvalue weighted by molar-refractivity contribution is 0.0935. The first-order valence-electron chi connectivity index (χ1n) is 7.46. The first-order chi connectivity index (χ1) is 11.0. The molecule has 0 bridgehead atoms. The Balaban J connectivity index is 1.93. The van der Waals surface area contributed by atoms with Gasteiger partial charge < -0.3 is 5.32 Å². The van der Waals surface area contributed by atoms with Crippen LogP contribution >= 0.6 is 11.3 Å². The second-order valence-corrected chi connectivity index (χ2v) is 6.76. The first-order valence-corrected chi connectivity index (χ1v) is 8.34. The number of carbonyl (C=O) groups is 1. The van der Waals surface area contributed by atoms with Gasteiger partial charge in [0, 0.05) is 18.3 Å². The molecular weight excluding hydrogens is 312 g/mol. The van der Waals surface area contributed by atoms with Crippen LogP contribution in [0.2, 0.25) is 0 Å². The van der Waals surface area contributed by atoms with Crippen LogP contribution in [0.3, 0.4) is 0 Å². The van der Waals surface area contributed by atoms with E-state index in [-0.39, 0.29) is 17.5 Å². The van der Waals surface area contributed by atoms with Crippen molar-refractivity contribution >= 4 is 22.9 Å². The van der Waals surface area contributed by atoms with E-state index in [1.807, 2.05) is 11.4 Å². The molecule has 0 saturated heterocycles. The number of carbonyl (C=O) groups excluding carboxylic acids is 1. The summed E-state index contributed by atoms with van der Waals surface area (Å²) in [4.78, 5) is 29.7. The maximum atomic E-state index is 12.4. The highest BCUT2D eigenvalue weighted by Gasteiger charge is 2.20. The standard InChI is InChI=1S/C16H18N4O2S/c1-10(2)8-11(19-16(22)13-4-3-7-23-13)12-9-15(21)20-14(18-12)5-6-17-20/h3-7,9-11,17H,8H2,1-2H3,(H,19,22). The van der Waals surface area contributed by atoms with Crippen molar-refractivity contribution in [2.75, 3.05) is 0 Å². The van der Waals surface area contributed by atoms with Crippen molar-refractivity contribution in [3.05, 3.63) is 56.8 Å². The second kappa shape index (κ2) is 6.37. The molecule has 1 amide bonds. The molecule has 0 radical (unpaired) electrons. The maximum absolute atomic E-state index is 12.4. The lowest BCUT2D eigenvalue weighted by atomic mass is 10.0. The van der Waals surface area contributed by atoms with E-state index < -0.39 is 0 Å². The van der Waals surface area contributed by atoms with Crippen LogP contribution in [0.25, 0.3) is 5.65 Å². The number of nitrogens with zero attached hydrogens (tertiary/aromatic N) is 2. The van der Waals surface area contributed by atoms with Gasteiger partial charge in [-0.15, -0.1) is 11.3 Å². The number of amides is 1. The molecule has 3 aromatic heterocycles. The van der Waals surface area contributed by atoms with Gasteiger partial charge in [-0.05, 0) is 23.8 Å². The smallest absolute Gasteiger partial charge is 0.272 e. The van der Waals surface area contributed by atoms with Crippen LogP contribution in [0.5, 0.6) is 0 Å². The SMILES string of the molecule is CC(C)CC(NC(=O)c1cccs1)c1cc(=O)n2[nH]ccc2n1. The highest BCUT2D eigenvalue weighted by atomic mass is 32.1. The molecular formula is C16H18N4O2S. The fraction of sp³-hybridized carbons (Fsp3) is 0.312.